The van der Waals surface area contributed by atoms with Gasteiger partial charge in [-0.15, -0.1) is 0 Å². The first-order valence-electron chi connectivity index (χ1n) is 5.11. The lowest BCUT2D eigenvalue weighted by atomic mass is 10.4. The average molecular weight is 244 g/mol. The SMILES string of the molecule is Cc1nn(C)c(C)c1S(=O)(=O)NC1CC1N. The maximum absolute atomic E-state index is 12.1. The van der Waals surface area contributed by atoms with E-state index in [0.29, 0.717) is 17.8 Å². The van der Waals surface area contributed by atoms with E-state index in [1.54, 1.807) is 25.6 Å². The Morgan fingerprint density at radius 2 is 2.06 bits per heavy atom. The summed E-state index contributed by atoms with van der Waals surface area (Å²) < 4.78 is 28.3. The van der Waals surface area contributed by atoms with Gasteiger partial charge in [0.05, 0.1) is 11.4 Å². The minimum Gasteiger partial charge on any atom is -0.326 e. The molecule has 1 fully saturated rings. The van der Waals surface area contributed by atoms with E-state index in [4.69, 9.17) is 5.73 Å². The van der Waals surface area contributed by atoms with Gasteiger partial charge in [0, 0.05) is 19.1 Å². The van der Waals surface area contributed by atoms with Gasteiger partial charge in [-0.05, 0) is 20.3 Å². The van der Waals surface area contributed by atoms with Crippen molar-refractivity contribution < 1.29 is 8.42 Å². The number of nitrogens with one attached hydrogen (secondary N) is 1. The second-order valence-corrected chi connectivity index (χ2v) is 5.90. The van der Waals surface area contributed by atoms with Crippen molar-refractivity contribution in [1.29, 1.82) is 0 Å². The maximum Gasteiger partial charge on any atom is 0.244 e. The molecule has 1 aromatic rings. The Bertz CT molecular complexity index is 520. The summed E-state index contributed by atoms with van der Waals surface area (Å²) in [6.07, 6.45) is 0.706. The number of aromatic nitrogens is 2. The van der Waals surface area contributed by atoms with Crippen LogP contribution in [0.5, 0.6) is 0 Å². The molecule has 7 heteroatoms. The molecule has 0 spiro atoms. The fourth-order valence-corrected chi connectivity index (χ4v) is 3.49. The van der Waals surface area contributed by atoms with Crippen LogP contribution < -0.4 is 10.5 Å². The van der Waals surface area contributed by atoms with Crippen molar-refractivity contribution in [3.05, 3.63) is 11.4 Å². The molecule has 2 atom stereocenters. The van der Waals surface area contributed by atoms with Crippen molar-refractivity contribution in [2.24, 2.45) is 12.8 Å². The van der Waals surface area contributed by atoms with Gasteiger partial charge in [-0.2, -0.15) is 5.10 Å². The predicted octanol–water partition coefficient (Wildman–Crippen LogP) is -0.585. The molecule has 0 aromatic carbocycles. The number of sulfonamides is 1. The molecule has 1 heterocycles. The first-order chi connectivity index (χ1) is 7.33. The van der Waals surface area contributed by atoms with Crippen molar-refractivity contribution in [2.75, 3.05) is 0 Å². The van der Waals surface area contributed by atoms with Crippen LogP contribution >= 0.6 is 0 Å². The Balaban J connectivity index is 2.35. The van der Waals surface area contributed by atoms with Gasteiger partial charge < -0.3 is 5.73 Å². The molecule has 1 aliphatic rings. The Morgan fingerprint density at radius 1 is 1.50 bits per heavy atom. The number of hydrogen-bond donors (Lipinski definition) is 2. The molecule has 6 nitrogen and oxygen atoms in total. The number of nitrogens with two attached hydrogens (primary N) is 1. The Labute approximate surface area is 94.9 Å². The monoisotopic (exact) mass is 244 g/mol. The highest BCUT2D eigenvalue weighted by molar-refractivity contribution is 7.89. The lowest BCUT2D eigenvalue weighted by Crippen LogP contribution is -2.30. The van der Waals surface area contributed by atoms with Gasteiger partial charge in [0.25, 0.3) is 0 Å². The lowest BCUT2D eigenvalue weighted by Gasteiger charge is -2.05. The first-order valence-corrected chi connectivity index (χ1v) is 6.59. The summed E-state index contributed by atoms with van der Waals surface area (Å²) in [5.74, 6) is 0. The van der Waals surface area contributed by atoms with E-state index in [1.165, 1.54) is 0 Å². The lowest BCUT2D eigenvalue weighted by molar-refractivity contribution is 0.578. The van der Waals surface area contributed by atoms with Crippen molar-refractivity contribution >= 4 is 10.0 Å². The van der Waals surface area contributed by atoms with Gasteiger partial charge >= 0.3 is 0 Å². The third kappa shape index (κ3) is 1.85. The van der Waals surface area contributed by atoms with Crippen LogP contribution in [0.4, 0.5) is 0 Å². The minimum atomic E-state index is -3.48. The van der Waals surface area contributed by atoms with Crippen molar-refractivity contribution in [3.63, 3.8) is 0 Å². The van der Waals surface area contributed by atoms with Crippen LogP contribution in [0.15, 0.2) is 4.90 Å². The molecule has 2 rings (SSSR count). The molecule has 90 valence electrons. The van der Waals surface area contributed by atoms with Crippen molar-refractivity contribution in [3.8, 4) is 0 Å². The van der Waals surface area contributed by atoms with Gasteiger partial charge in [-0.3, -0.25) is 4.68 Å². The number of nitrogens with zero attached hydrogens (tertiary/aromatic N) is 2. The van der Waals surface area contributed by atoms with Crippen LogP contribution in [0.2, 0.25) is 0 Å². The quantitative estimate of drug-likeness (QED) is 0.744. The van der Waals surface area contributed by atoms with Gasteiger partial charge in [0.2, 0.25) is 10.0 Å². The molecule has 3 N–H and O–H groups in total. The highest BCUT2D eigenvalue weighted by Crippen LogP contribution is 2.24. The van der Waals surface area contributed by atoms with Gasteiger partial charge in [0.15, 0.2) is 0 Å². The zero-order chi connectivity index (χ0) is 12.1. The summed E-state index contributed by atoms with van der Waals surface area (Å²) in [6, 6.07) is -0.170. The van der Waals surface area contributed by atoms with E-state index >= 15 is 0 Å². The van der Waals surface area contributed by atoms with Gasteiger partial charge in [0.1, 0.15) is 4.90 Å². The van der Waals surface area contributed by atoms with E-state index in [-0.39, 0.29) is 17.0 Å². The third-order valence-electron chi connectivity index (χ3n) is 2.86. The van der Waals surface area contributed by atoms with Crippen LogP contribution in [0.25, 0.3) is 0 Å². The molecule has 2 unspecified atom stereocenters. The molecule has 1 saturated carbocycles. The summed E-state index contributed by atoms with van der Waals surface area (Å²) in [4.78, 5) is 0.272. The summed E-state index contributed by atoms with van der Waals surface area (Å²) in [5, 5.41) is 4.09. The van der Waals surface area contributed by atoms with Crippen LogP contribution in [0.1, 0.15) is 17.8 Å². The van der Waals surface area contributed by atoms with Crippen LogP contribution in [0, 0.1) is 13.8 Å². The molecule has 1 aromatic heterocycles. The molecule has 0 saturated heterocycles. The van der Waals surface area contributed by atoms with E-state index in [1.807, 2.05) is 0 Å². The highest BCUT2D eigenvalue weighted by atomic mass is 32.2. The molecule has 0 amide bonds. The molecular weight excluding hydrogens is 228 g/mol. The summed E-state index contributed by atoms with van der Waals surface area (Å²) in [6.45, 7) is 3.43. The summed E-state index contributed by atoms with van der Waals surface area (Å²) >= 11 is 0. The highest BCUT2D eigenvalue weighted by Gasteiger charge is 2.38. The second-order valence-electron chi connectivity index (χ2n) is 4.25. The molecule has 0 bridgehead atoms. The standard InChI is InChI=1S/C9H16N4O2S/c1-5-9(6(2)13(3)11-5)16(14,15)12-8-4-7(8)10/h7-8,12H,4,10H2,1-3H3. The minimum absolute atomic E-state index is 0.0490. The fraction of sp³-hybridized carbons (Fsp3) is 0.667. The van der Waals surface area contributed by atoms with E-state index < -0.39 is 10.0 Å². The van der Waals surface area contributed by atoms with Gasteiger partial charge in [-0.1, -0.05) is 0 Å². The zero-order valence-electron chi connectivity index (χ0n) is 9.56. The fourth-order valence-electron chi connectivity index (χ4n) is 1.75. The van der Waals surface area contributed by atoms with E-state index in [0.717, 1.165) is 0 Å². The maximum atomic E-state index is 12.1. The topological polar surface area (TPSA) is 90.0 Å². The van der Waals surface area contributed by atoms with E-state index in [9.17, 15) is 8.42 Å². The smallest absolute Gasteiger partial charge is 0.244 e. The number of hydrogen-bond acceptors (Lipinski definition) is 4. The Hall–Kier alpha value is -0.920. The summed E-state index contributed by atoms with van der Waals surface area (Å²) in [7, 11) is -1.76. The third-order valence-corrected chi connectivity index (χ3v) is 4.60. The molecular formula is C9H16N4O2S. The van der Waals surface area contributed by atoms with Crippen LogP contribution in [-0.2, 0) is 17.1 Å². The average Bonchev–Trinajstić information content (AvgIpc) is 2.71. The Morgan fingerprint density at radius 3 is 2.44 bits per heavy atom. The molecule has 0 aliphatic heterocycles. The van der Waals surface area contributed by atoms with Crippen molar-refractivity contribution in [2.45, 2.75) is 37.2 Å². The number of aryl methyl sites for hydroxylation is 2. The molecule has 0 radical (unpaired) electrons. The molecule has 16 heavy (non-hydrogen) atoms. The second kappa shape index (κ2) is 3.54. The molecule has 1 aliphatic carbocycles. The van der Waals surface area contributed by atoms with E-state index in [2.05, 4.69) is 9.82 Å². The zero-order valence-corrected chi connectivity index (χ0v) is 10.4. The normalized spacial score (nSPS) is 24.8. The van der Waals surface area contributed by atoms with Gasteiger partial charge in [-0.25, -0.2) is 13.1 Å². The van der Waals surface area contributed by atoms with Crippen LogP contribution in [0.3, 0.4) is 0 Å². The summed E-state index contributed by atoms with van der Waals surface area (Å²) in [5.41, 5.74) is 6.74. The number of rotatable bonds is 3. The first kappa shape index (κ1) is 11.6. The van der Waals surface area contributed by atoms with Crippen LogP contribution in [-0.4, -0.2) is 30.3 Å². The predicted molar refractivity (Wildman–Crippen MR) is 59.4 cm³/mol. The Kier molecular flexibility index (Phi) is 2.56. The van der Waals surface area contributed by atoms with Crippen molar-refractivity contribution in [1.82, 2.24) is 14.5 Å². The largest absolute Gasteiger partial charge is 0.326 e.